The number of hydrogen-bond donors (Lipinski definition) is 2. The van der Waals surface area contributed by atoms with Gasteiger partial charge in [0.15, 0.2) is 0 Å². The molecule has 2 aliphatic heterocycles. The van der Waals surface area contributed by atoms with Crippen molar-refractivity contribution in [3.8, 4) is 11.5 Å². The second-order valence-corrected chi connectivity index (χ2v) is 18.7. The Morgan fingerprint density at radius 3 is 1.46 bits per heavy atom. The molecule has 2 aliphatic carbocycles. The molecular formula is C54H76N2O9. The largest absolute Gasteiger partial charge is 0.508 e. The normalized spacial score (nSPS) is 22.3. The minimum absolute atomic E-state index is 0.0288. The zero-order valence-corrected chi connectivity index (χ0v) is 39.6. The molecule has 11 nitrogen and oxygen atoms in total. The summed E-state index contributed by atoms with van der Waals surface area (Å²) in [5.41, 5.74) is 2.58. The molecule has 0 bridgehead atoms. The van der Waals surface area contributed by atoms with Crippen molar-refractivity contribution in [2.75, 3.05) is 66.8 Å². The van der Waals surface area contributed by atoms with Crippen LogP contribution < -0.4 is 4.74 Å². The number of nitrogens with zero attached hydrogens (tertiary/aromatic N) is 2. The molecule has 2 saturated heterocycles. The zero-order chi connectivity index (χ0) is 46.0. The van der Waals surface area contributed by atoms with Crippen LogP contribution in [0.5, 0.6) is 11.5 Å². The fourth-order valence-corrected chi connectivity index (χ4v) is 9.91. The lowest BCUT2D eigenvalue weighted by Crippen LogP contribution is -2.36. The summed E-state index contributed by atoms with van der Waals surface area (Å²) in [4.78, 5) is 28.5. The van der Waals surface area contributed by atoms with E-state index in [1.807, 2.05) is 19.9 Å². The molecule has 4 aliphatic rings. The summed E-state index contributed by atoms with van der Waals surface area (Å²) >= 11 is 0. The first-order chi connectivity index (χ1) is 31.6. The van der Waals surface area contributed by atoms with Crippen LogP contribution in [0, 0.1) is 23.7 Å². The number of aliphatic hydroxyl groups excluding tert-OH is 1. The Morgan fingerprint density at radius 1 is 0.554 bits per heavy atom. The molecule has 0 radical (unpaired) electrons. The fourth-order valence-electron chi connectivity index (χ4n) is 9.91. The number of aromatic hydroxyl groups is 1. The van der Waals surface area contributed by atoms with Crippen molar-refractivity contribution in [2.24, 2.45) is 23.7 Å². The quantitative estimate of drug-likeness (QED) is 0.118. The number of rotatable bonds is 14. The van der Waals surface area contributed by atoms with Crippen LogP contribution in [0.1, 0.15) is 102 Å². The minimum atomic E-state index is -0.0438. The highest BCUT2D eigenvalue weighted by Crippen LogP contribution is 2.31. The summed E-state index contributed by atoms with van der Waals surface area (Å²) in [5.74, 6) is 2.71. The SMILES string of the molecule is CCOC(=O)C1CCN(Cc2ccc3cc(O)ccc3c2)CC1.CCOC(=O)C1CCN(Cc2ccc3cc(OC4CCC(COC)CC4)ccc3c2)CC1.COCC1CCC(O)CC1. The van der Waals surface area contributed by atoms with Crippen molar-refractivity contribution in [2.45, 2.75) is 116 Å². The van der Waals surface area contributed by atoms with E-state index in [1.54, 1.807) is 26.4 Å². The molecule has 2 N–H and O–H groups in total. The first kappa shape index (κ1) is 50.2. The average Bonchev–Trinajstić information content (AvgIpc) is 3.32. The molecule has 0 atom stereocenters. The second-order valence-electron chi connectivity index (χ2n) is 18.7. The number of phenolic OH excluding ortho intramolecular Hbond substituents is 1. The molecule has 0 amide bonds. The monoisotopic (exact) mass is 897 g/mol. The van der Waals surface area contributed by atoms with Crippen molar-refractivity contribution in [1.82, 2.24) is 9.80 Å². The maximum Gasteiger partial charge on any atom is 0.309 e. The Hall–Kier alpha value is -4.26. The summed E-state index contributed by atoms with van der Waals surface area (Å²) in [6, 6.07) is 25.0. The molecule has 4 aromatic carbocycles. The van der Waals surface area contributed by atoms with Gasteiger partial charge in [-0.05, 0) is 198 Å². The van der Waals surface area contributed by atoms with Crippen LogP contribution in [0.15, 0.2) is 72.8 Å². The van der Waals surface area contributed by atoms with Crippen molar-refractivity contribution in [1.29, 1.82) is 0 Å². The lowest BCUT2D eigenvalue weighted by Gasteiger charge is -2.30. The highest BCUT2D eigenvalue weighted by molar-refractivity contribution is 5.85. The average molecular weight is 897 g/mol. The predicted octanol–water partition coefficient (Wildman–Crippen LogP) is 9.70. The standard InChI is InChI=1S/C27H37NO4.C19H23NO3.C8H16O2/c1-3-31-27(29)22-12-14-28(15-13-22)18-21-4-7-24-17-26(11-8-23(24)16-21)32-25-9-5-20(6-10-25)19-30-2;1-2-23-19(22)15-7-9-20(10-8-15)13-14-3-4-17-12-18(21)6-5-16(17)11-14;1-10-6-7-2-4-8(9)5-3-7/h4,7-8,11,16-17,20,22,25H,3,5-6,9-10,12-15,18-19H2,1-2H3;3-6,11-12,15,21H,2,7-10,13H2,1H3;7-9H,2-6H2,1H3. The Morgan fingerprint density at radius 2 is 0.985 bits per heavy atom. The van der Waals surface area contributed by atoms with Gasteiger partial charge in [-0.15, -0.1) is 0 Å². The Kier molecular flexibility index (Phi) is 20.2. The Balaban J connectivity index is 0.000000184. The number of benzene rings is 4. The van der Waals surface area contributed by atoms with E-state index in [0.717, 1.165) is 133 Å². The number of ether oxygens (including phenoxy) is 5. The zero-order valence-electron chi connectivity index (χ0n) is 39.6. The predicted molar refractivity (Wildman–Crippen MR) is 257 cm³/mol. The van der Waals surface area contributed by atoms with E-state index in [0.29, 0.717) is 36.9 Å². The van der Waals surface area contributed by atoms with Gasteiger partial charge in [0.25, 0.3) is 0 Å². The highest BCUT2D eigenvalue weighted by atomic mass is 16.5. The van der Waals surface area contributed by atoms with Crippen molar-refractivity contribution in [3.63, 3.8) is 0 Å². The molecule has 11 heteroatoms. The van der Waals surface area contributed by atoms with E-state index in [2.05, 4.69) is 64.4 Å². The fraction of sp³-hybridized carbons (Fsp3) is 0.593. The van der Waals surface area contributed by atoms with E-state index in [9.17, 15) is 14.7 Å². The highest BCUT2D eigenvalue weighted by Gasteiger charge is 2.28. The van der Waals surface area contributed by atoms with Gasteiger partial charge in [-0.3, -0.25) is 19.4 Å². The van der Waals surface area contributed by atoms with Crippen LogP contribution in [-0.4, -0.2) is 111 Å². The van der Waals surface area contributed by atoms with Crippen LogP contribution in [0.2, 0.25) is 0 Å². The molecule has 0 unspecified atom stereocenters. The number of fused-ring (bicyclic) bond motifs is 2. The molecule has 0 spiro atoms. The number of methoxy groups -OCH3 is 2. The van der Waals surface area contributed by atoms with Gasteiger partial charge in [0.05, 0.1) is 37.3 Å². The van der Waals surface area contributed by atoms with Gasteiger partial charge in [-0.1, -0.05) is 36.4 Å². The number of likely N-dealkylation sites (tertiary alicyclic amines) is 2. The van der Waals surface area contributed by atoms with Crippen molar-refractivity contribution >= 4 is 33.5 Å². The van der Waals surface area contributed by atoms with Crippen LogP contribution >= 0.6 is 0 Å². The lowest BCUT2D eigenvalue weighted by atomic mass is 9.88. The Bertz CT molecular complexity index is 2040. The summed E-state index contributed by atoms with van der Waals surface area (Å²) in [5, 5.41) is 23.3. The maximum absolute atomic E-state index is 11.9. The molecule has 2 heterocycles. The maximum atomic E-state index is 11.9. The summed E-state index contributed by atoms with van der Waals surface area (Å²) in [6.45, 7) is 12.0. The van der Waals surface area contributed by atoms with E-state index in [4.69, 9.17) is 28.8 Å². The first-order valence-electron chi connectivity index (χ1n) is 24.5. The third-order valence-corrected chi connectivity index (χ3v) is 13.7. The summed E-state index contributed by atoms with van der Waals surface area (Å²) in [6.07, 6.45) is 12.6. The molecule has 2 saturated carbocycles. The van der Waals surface area contributed by atoms with Crippen LogP contribution in [0.4, 0.5) is 0 Å². The lowest BCUT2D eigenvalue weighted by molar-refractivity contribution is -0.150. The number of aliphatic hydroxyl groups is 1. The molecule has 4 aromatic rings. The van der Waals surface area contributed by atoms with Crippen LogP contribution in [-0.2, 0) is 41.6 Å². The third-order valence-electron chi connectivity index (χ3n) is 13.7. The number of phenols is 1. The smallest absolute Gasteiger partial charge is 0.309 e. The summed E-state index contributed by atoms with van der Waals surface area (Å²) < 4.78 is 26.9. The van der Waals surface area contributed by atoms with E-state index in [-0.39, 0.29) is 29.9 Å². The molecule has 8 rings (SSSR count). The number of hydrogen-bond acceptors (Lipinski definition) is 11. The van der Waals surface area contributed by atoms with Gasteiger partial charge in [0.2, 0.25) is 0 Å². The van der Waals surface area contributed by atoms with E-state index < -0.39 is 0 Å². The van der Waals surface area contributed by atoms with Crippen LogP contribution in [0.25, 0.3) is 21.5 Å². The molecule has 4 fully saturated rings. The van der Waals surface area contributed by atoms with Gasteiger partial charge in [0, 0.05) is 40.5 Å². The molecule has 356 valence electrons. The topological polar surface area (TPSA) is 127 Å². The van der Waals surface area contributed by atoms with Gasteiger partial charge in [-0.2, -0.15) is 0 Å². The van der Waals surface area contributed by atoms with E-state index in [1.165, 1.54) is 34.7 Å². The van der Waals surface area contributed by atoms with Crippen molar-refractivity contribution in [3.05, 3.63) is 83.9 Å². The first-order valence-corrected chi connectivity index (χ1v) is 24.5. The van der Waals surface area contributed by atoms with Crippen molar-refractivity contribution < 1.29 is 43.5 Å². The number of esters is 2. The molecular weight excluding hydrogens is 821 g/mol. The van der Waals surface area contributed by atoms with Gasteiger partial charge >= 0.3 is 11.9 Å². The molecule has 0 aromatic heterocycles. The Labute approximate surface area is 387 Å². The number of carbonyl (C=O) groups excluding carboxylic acids is 2. The van der Waals surface area contributed by atoms with Gasteiger partial charge in [0.1, 0.15) is 11.5 Å². The van der Waals surface area contributed by atoms with Gasteiger partial charge in [-0.25, -0.2) is 0 Å². The van der Waals surface area contributed by atoms with Crippen LogP contribution in [0.3, 0.4) is 0 Å². The number of piperidine rings is 2. The van der Waals surface area contributed by atoms with E-state index >= 15 is 0 Å². The second kappa shape index (κ2) is 26.2. The summed E-state index contributed by atoms with van der Waals surface area (Å²) in [7, 11) is 3.53. The minimum Gasteiger partial charge on any atom is -0.508 e. The number of carbonyl (C=O) groups is 2. The van der Waals surface area contributed by atoms with Gasteiger partial charge < -0.3 is 33.9 Å². The molecule has 65 heavy (non-hydrogen) atoms. The third kappa shape index (κ3) is 16.0.